The largest absolute Gasteiger partial charge is 0.478 e. The van der Waals surface area contributed by atoms with Crippen LogP contribution < -0.4 is 5.32 Å². The Labute approximate surface area is 137 Å². The summed E-state index contributed by atoms with van der Waals surface area (Å²) in [5, 5.41) is 11.9. The van der Waals surface area contributed by atoms with E-state index in [2.05, 4.69) is 17.1 Å². The molecule has 5 heteroatoms. The smallest absolute Gasteiger partial charge is 0.335 e. The highest BCUT2D eigenvalue weighted by Gasteiger charge is 2.36. The molecule has 0 bridgehead atoms. The summed E-state index contributed by atoms with van der Waals surface area (Å²) in [6.07, 6.45) is 2.70. The van der Waals surface area contributed by atoms with Crippen molar-refractivity contribution in [2.75, 3.05) is 26.2 Å². The van der Waals surface area contributed by atoms with E-state index in [1.54, 1.807) is 24.3 Å². The number of carboxylic acid groups (broad SMARTS) is 1. The van der Waals surface area contributed by atoms with Crippen molar-refractivity contribution in [1.82, 2.24) is 10.2 Å². The van der Waals surface area contributed by atoms with Crippen molar-refractivity contribution < 1.29 is 14.7 Å². The zero-order valence-corrected chi connectivity index (χ0v) is 14.0. The number of carbonyl (C=O) groups excluding carboxylic acids is 1. The zero-order chi connectivity index (χ0) is 16.9. The van der Waals surface area contributed by atoms with Gasteiger partial charge < -0.3 is 15.3 Å². The Bertz CT molecular complexity index is 556. The van der Waals surface area contributed by atoms with Gasteiger partial charge in [-0.05, 0) is 57.0 Å². The van der Waals surface area contributed by atoms with Crippen LogP contribution in [-0.2, 0) is 11.2 Å². The Morgan fingerprint density at radius 2 is 2.00 bits per heavy atom. The van der Waals surface area contributed by atoms with Crippen LogP contribution in [0.25, 0.3) is 0 Å². The number of hydrogen-bond acceptors (Lipinski definition) is 3. The third-order valence-electron chi connectivity index (χ3n) is 4.67. The molecule has 1 saturated heterocycles. The summed E-state index contributed by atoms with van der Waals surface area (Å²) >= 11 is 0. The number of benzene rings is 1. The molecule has 0 aromatic heterocycles. The van der Waals surface area contributed by atoms with Crippen LogP contribution in [0.4, 0.5) is 0 Å². The monoisotopic (exact) mass is 318 g/mol. The van der Waals surface area contributed by atoms with Gasteiger partial charge >= 0.3 is 5.97 Å². The molecule has 1 heterocycles. The molecule has 1 aromatic carbocycles. The second-order valence-corrected chi connectivity index (χ2v) is 6.54. The van der Waals surface area contributed by atoms with E-state index in [4.69, 9.17) is 5.11 Å². The molecule has 2 N–H and O–H groups in total. The van der Waals surface area contributed by atoms with Crippen LogP contribution in [0.15, 0.2) is 24.3 Å². The summed E-state index contributed by atoms with van der Waals surface area (Å²) in [7, 11) is 0. The van der Waals surface area contributed by atoms with Gasteiger partial charge in [0.1, 0.15) is 0 Å². The highest BCUT2D eigenvalue weighted by molar-refractivity contribution is 5.87. The Morgan fingerprint density at radius 3 is 2.61 bits per heavy atom. The molecule has 2 rings (SSSR count). The van der Waals surface area contributed by atoms with Crippen molar-refractivity contribution in [1.29, 1.82) is 0 Å². The Kier molecular flexibility index (Phi) is 5.77. The number of rotatable bonds is 6. The lowest BCUT2D eigenvalue weighted by Crippen LogP contribution is -2.50. The van der Waals surface area contributed by atoms with E-state index in [1.807, 2.05) is 6.92 Å². The molecule has 0 radical (unpaired) electrons. The highest BCUT2D eigenvalue weighted by atomic mass is 16.4. The highest BCUT2D eigenvalue weighted by Crippen LogP contribution is 2.29. The molecule has 1 atom stereocenters. The second-order valence-electron chi connectivity index (χ2n) is 6.54. The van der Waals surface area contributed by atoms with E-state index in [9.17, 15) is 9.59 Å². The van der Waals surface area contributed by atoms with E-state index < -0.39 is 5.97 Å². The molecular formula is C18H26N2O3. The van der Waals surface area contributed by atoms with Crippen LogP contribution in [-0.4, -0.2) is 48.1 Å². The first-order valence-corrected chi connectivity index (χ1v) is 8.27. The number of aromatic carboxylic acids is 1. The topological polar surface area (TPSA) is 69.6 Å². The van der Waals surface area contributed by atoms with Crippen LogP contribution in [0.5, 0.6) is 0 Å². The van der Waals surface area contributed by atoms with Crippen molar-refractivity contribution in [2.45, 2.75) is 33.1 Å². The predicted octanol–water partition coefficient (Wildman–Crippen LogP) is 2.17. The molecule has 1 fully saturated rings. The van der Waals surface area contributed by atoms with Crippen molar-refractivity contribution >= 4 is 11.9 Å². The van der Waals surface area contributed by atoms with Crippen LogP contribution in [0, 0.1) is 5.41 Å². The fourth-order valence-corrected chi connectivity index (χ4v) is 3.15. The fraction of sp³-hybridized carbons (Fsp3) is 0.556. The van der Waals surface area contributed by atoms with Crippen molar-refractivity contribution in [3.63, 3.8) is 0 Å². The van der Waals surface area contributed by atoms with Gasteiger partial charge in [-0.15, -0.1) is 0 Å². The van der Waals surface area contributed by atoms with Gasteiger partial charge in [0.2, 0.25) is 5.91 Å². The number of nitrogens with zero attached hydrogens (tertiary/aromatic N) is 1. The van der Waals surface area contributed by atoms with Crippen LogP contribution in [0.2, 0.25) is 0 Å². The lowest BCUT2D eigenvalue weighted by Gasteiger charge is -2.38. The zero-order valence-electron chi connectivity index (χ0n) is 14.0. The first-order chi connectivity index (χ1) is 10.9. The van der Waals surface area contributed by atoms with Gasteiger partial charge in [0, 0.05) is 13.1 Å². The maximum atomic E-state index is 12.5. The minimum absolute atomic E-state index is 0.123. The Balaban J connectivity index is 1.83. The first-order valence-electron chi connectivity index (χ1n) is 8.27. The van der Waals surface area contributed by atoms with Gasteiger partial charge in [0.05, 0.1) is 11.0 Å². The molecule has 23 heavy (non-hydrogen) atoms. The minimum atomic E-state index is -0.921. The van der Waals surface area contributed by atoms with E-state index in [0.717, 1.165) is 38.0 Å². The summed E-state index contributed by atoms with van der Waals surface area (Å²) in [4.78, 5) is 25.6. The minimum Gasteiger partial charge on any atom is -0.478 e. The quantitative estimate of drug-likeness (QED) is 0.843. The van der Waals surface area contributed by atoms with E-state index >= 15 is 0 Å². The standard InChI is InChI=1S/C18H26N2O3/c1-3-20-12-4-10-18(2,13-20)17(23)19-11-9-14-5-7-15(8-6-14)16(21)22/h5-8H,3-4,9-13H2,1-2H3,(H,19,23)(H,21,22)/t18-/m0/s1. The number of amides is 1. The molecule has 126 valence electrons. The first kappa shape index (κ1) is 17.5. The Morgan fingerprint density at radius 1 is 1.30 bits per heavy atom. The predicted molar refractivity (Wildman–Crippen MR) is 89.6 cm³/mol. The van der Waals surface area contributed by atoms with E-state index in [-0.39, 0.29) is 16.9 Å². The van der Waals surface area contributed by atoms with Crippen molar-refractivity contribution in [3.8, 4) is 0 Å². The van der Waals surface area contributed by atoms with Gasteiger partial charge in [-0.3, -0.25) is 4.79 Å². The van der Waals surface area contributed by atoms with Crippen molar-refractivity contribution in [2.24, 2.45) is 5.41 Å². The van der Waals surface area contributed by atoms with E-state index in [1.165, 1.54) is 0 Å². The molecular weight excluding hydrogens is 292 g/mol. The normalized spacial score (nSPS) is 21.8. The molecule has 5 nitrogen and oxygen atoms in total. The average Bonchev–Trinajstić information content (AvgIpc) is 2.55. The molecule has 0 unspecified atom stereocenters. The molecule has 1 amide bonds. The fourth-order valence-electron chi connectivity index (χ4n) is 3.15. The van der Waals surface area contributed by atoms with Gasteiger partial charge in [-0.1, -0.05) is 19.1 Å². The lowest BCUT2D eigenvalue weighted by molar-refractivity contribution is -0.133. The molecule has 1 aliphatic heterocycles. The number of piperidine rings is 1. The SMILES string of the molecule is CCN1CCC[C@](C)(C(=O)NCCc2ccc(C(=O)O)cc2)C1. The maximum absolute atomic E-state index is 12.5. The molecule has 1 aromatic rings. The second kappa shape index (κ2) is 7.59. The molecule has 1 aliphatic rings. The summed E-state index contributed by atoms with van der Waals surface area (Å²) in [6, 6.07) is 6.80. The molecule has 0 saturated carbocycles. The van der Waals surface area contributed by atoms with Gasteiger partial charge in [0.25, 0.3) is 0 Å². The lowest BCUT2D eigenvalue weighted by atomic mass is 9.81. The maximum Gasteiger partial charge on any atom is 0.335 e. The number of likely N-dealkylation sites (tertiary alicyclic amines) is 1. The number of nitrogens with one attached hydrogen (secondary N) is 1. The number of carbonyl (C=O) groups is 2. The summed E-state index contributed by atoms with van der Waals surface area (Å²) in [6.45, 7) is 7.64. The van der Waals surface area contributed by atoms with E-state index in [0.29, 0.717) is 13.0 Å². The van der Waals surface area contributed by atoms with Crippen LogP contribution in [0.1, 0.15) is 42.6 Å². The van der Waals surface area contributed by atoms with Gasteiger partial charge in [0.15, 0.2) is 0 Å². The number of hydrogen-bond donors (Lipinski definition) is 2. The van der Waals surface area contributed by atoms with Crippen molar-refractivity contribution in [3.05, 3.63) is 35.4 Å². The number of carboxylic acids is 1. The average molecular weight is 318 g/mol. The van der Waals surface area contributed by atoms with Gasteiger partial charge in [-0.25, -0.2) is 4.79 Å². The van der Waals surface area contributed by atoms with Crippen LogP contribution in [0.3, 0.4) is 0 Å². The third kappa shape index (κ3) is 4.55. The molecule has 0 aliphatic carbocycles. The third-order valence-corrected chi connectivity index (χ3v) is 4.67. The Hall–Kier alpha value is -1.88. The van der Waals surface area contributed by atoms with Crippen LogP contribution >= 0.6 is 0 Å². The van der Waals surface area contributed by atoms with Gasteiger partial charge in [-0.2, -0.15) is 0 Å². The molecule has 0 spiro atoms. The summed E-state index contributed by atoms with van der Waals surface area (Å²) < 4.78 is 0. The summed E-state index contributed by atoms with van der Waals surface area (Å²) in [5.74, 6) is -0.798. The summed E-state index contributed by atoms with van der Waals surface area (Å²) in [5.41, 5.74) is 1.01.